The number of fused-ring (bicyclic) bond motifs is 1. The van der Waals surface area contributed by atoms with Gasteiger partial charge in [0.25, 0.3) is 11.8 Å². The molecule has 2 amide bonds. The van der Waals surface area contributed by atoms with Crippen LogP contribution in [0.15, 0.2) is 42.5 Å². The van der Waals surface area contributed by atoms with Crippen LogP contribution in [0.1, 0.15) is 34.6 Å². The molecular weight excluding hydrogens is 422 g/mol. The molecule has 2 N–H and O–H groups in total. The highest BCUT2D eigenvalue weighted by molar-refractivity contribution is 6.05. The van der Waals surface area contributed by atoms with Crippen LogP contribution in [0.5, 0.6) is 11.5 Å². The summed E-state index contributed by atoms with van der Waals surface area (Å²) in [5.41, 5.74) is 1.44. The Balaban J connectivity index is 1.86. The first-order chi connectivity index (χ1) is 15.8. The van der Waals surface area contributed by atoms with Crippen LogP contribution in [-0.2, 0) is 4.74 Å². The molecule has 33 heavy (non-hydrogen) atoms. The summed E-state index contributed by atoms with van der Waals surface area (Å²) in [7, 11) is 4.98. The maximum absolute atomic E-state index is 13.2. The molecule has 0 saturated carbocycles. The van der Waals surface area contributed by atoms with E-state index < -0.39 is 0 Å². The van der Waals surface area contributed by atoms with E-state index in [0.717, 1.165) is 6.54 Å². The van der Waals surface area contributed by atoms with Crippen molar-refractivity contribution in [2.45, 2.75) is 26.0 Å². The fourth-order valence-corrected chi connectivity index (χ4v) is 3.70. The van der Waals surface area contributed by atoms with Crippen LogP contribution in [0.2, 0.25) is 0 Å². The molecule has 3 rings (SSSR count). The number of anilines is 1. The largest absolute Gasteiger partial charge is 0.497 e. The average Bonchev–Trinajstić information content (AvgIpc) is 2.83. The Morgan fingerprint density at radius 1 is 1.18 bits per heavy atom. The average molecular weight is 456 g/mol. The molecule has 0 unspecified atom stereocenters. The second kappa shape index (κ2) is 11.2. The summed E-state index contributed by atoms with van der Waals surface area (Å²) in [4.78, 5) is 27.6. The quantitative estimate of drug-likeness (QED) is 0.737. The van der Waals surface area contributed by atoms with E-state index in [0.29, 0.717) is 41.5 Å². The number of amides is 2. The number of hydrogen-bond donors (Lipinski definition) is 2. The molecule has 0 fully saturated rings. The Bertz CT molecular complexity index is 980. The first-order valence-electron chi connectivity index (χ1n) is 11.1. The van der Waals surface area contributed by atoms with Crippen LogP contribution in [0.25, 0.3) is 0 Å². The van der Waals surface area contributed by atoms with Gasteiger partial charge in [-0.2, -0.15) is 0 Å². The smallest absolute Gasteiger partial charge is 0.257 e. The number of likely N-dealkylation sites (N-methyl/N-ethyl adjacent to an activating group) is 1. The van der Waals surface area contributed by atoms with Crippen LogP contribution >= 0.6 is 0 Å². The molecule has 1 heterocycles. The number of nitrogens with one attached hydrogen (secondary N) is 2. The van der Waals surface area contributed by atoms with Crippen molar-refractivity contribution >= 4 is 17.5 Å². The number of methoxy groups -OCH3 is 2. The second-order valence-electron chi connectivity index (χ2n) is 8.45. The van der Waals surface area contributed by atoms with Crippen molar-refractivity contribution in [2.24, 2.45) is 5.92 Å². The van der Waals surface area contributed by atoms with Gasteiger partial charge in [-0.15, -0.1) is 0 Å². The third-order valence-corrected chi connectivity index (χ3v) is 5.82. The summed E-state index contributed by atoms with van der Waals surface area (Å²) in [6.07, 6.45) is -0.0936. The lowest BCUT2D eigenvalue weighted by molar-refractivity contribution is 0.0281. The zero-order valence-corrected chi connectivity index (χ0v) is 19.9. The molecule has 0 aromatic heterocycles. The van der Waals surface area contributed by atoms with Crippen molar-refractivity contribution in [1.82, 2.24) is 10.2 Å². The van der Waals surface area contributed by atoms with Gasteiger partial charge in [0.15, 0.2) is 0 Å². The number of hydrogen-bond acceptors (Lipinski definition) is 6. The standard InChI is InChI=1S/C25H33N3O5/c1-16-13-26-17(2)15-33-22-12-19(27-24(29)18-7-6-8-20(11-18)31-4)9-10-21(22)25(30)28(3)14-23(16)32-5/h6-12,16-17,23,26H,13-15H2,1-5H3,(H,27,29)/t16-,17-,23-/m1/s1. The highest BCUT2D eigenvalue weighted by Gasteiger charge is 2.25. The third kappa shape index (κ3) is 6.24. The summed E-state index contributed by atoms with van der Waals surface area (Å²) >= 11 is 0. The molecule has 0 saturated heterocycles. The lowest BCUT2D eigenvalue weighted by Crippen LogP contribution is -2.44. The number of benzene rings is 2. The molecule has 2 aromatic carbocycles. The zero-order valence-electron chi connectivity index (χ0n) is 19.9. The molecule has 1 aliphatic heterocycles. The molecule has 3 atom stereocenters. The maximum Gasteiger partial charge on any atom is 0.257 e. The minimum atomic E-state index is -0.280. The summed E-state index contributed by atoms with van der Waals surface area (Å²) in [6.45, 7) is 5.71. The summed E-state index contributed by atoms with van der Waals surface area (Å²) < 4.78 is 16.9. The van der Waals surface area contributed by atoms with E-state index in [9.17, 15) is 9.59 Å². The second-order valence-corrected chi connectivity index (χ2v) is 8.45. The predicted molar refractivity (Wildman–Crippen MR) is 127 cm³/mol. The van der Waals surface area contributed by atoms with Crippen molar-refractivity contribution in [3.63, 3.8) is 0 Å². The monoisotopic (exact) mass is 455 g/mol. The lowest BCUT2D eigenvalue weighted by Gasteiger charge is -2.30. The van der Waals surface area contributed by atoms with Crippen LogP contribution in [-0.4, -0.2) is 69.8 Å². The van der Waals surface area contributed by atoms with Gasteiger partial charge in [0.2, 0.25) is 0 Å². The van der Waals surface area contributed by atoms with Crippen LogP contribution < -0.4 is 20.1 Å². The van der Waals surface area contributed by atoms with Gasteiger partial charge in [0, 0.05) is 50.6 Å². The van der Waals surface area contributed by atoms with Gasteiger partial charge < -0.3 is 29.7 Å². The number of nitrogens with zero attached hydrogens (tertiary/aromatic N) is 1. The van der Waals surface area contributed by atoms with E-state index in [-0.39, 0.29) is 29.9 Å². The van der Waals surface area contributed by atoms with Crippen LogP contribution in [0.3, 0.4) is 0 Å². The van der Waals surface area contributed by atoms with Gasteiger partial charge in [-0.25, -0.2) is 0 Å². The van der Waals surface area contributed by atoms with Gasteiger partial charge in [-0.1, -0.05) is 13.0 Å². The van der Waals surface area contributed by atoms with Crippen molar-refractivity contribution in [3.05, 3.63) is 53.6 Å². The SMILES string of the molecule is COc1cccc(C(=O)Nc2ccc3c(c2)OC[C@@H](C)NC[C@@H](C)[C@H](OC)CN(C)C3=O)c1. The minimum Gasteiger partial charge on any atom is -0.497 e. The molecule has 0 radical (unpaired) electrons. The molecule has 178 valence electrons. The normalized spacial score (nSPS) is 21.8. The number of carbonyl (C=O) groups is 2. The molecule has 0 bridgehead atoms. The first-order valence-corrected chi connectivity index (χ1v) is 11.1. The number of ether oxygens (including phenoxy) is 3. The summed E-state index contributed by atoms with van der Waals surface area (Å²) in [5.74, 6) is 0.804. The van der Waals surface area contributed by atoms with Crippen molar-refractivity contribution in [3.8, 4) is 11.5 Å². The number of rotatable bonds is 4. The molecular formula is C25H33N3O5. The Morgan fingerprint density at radius 2 is 1.97 bits per heavy atom. The van der Waals surface area contributed by atoms with Gasteiger partial charge in [-0.05, 0) is 43.2 Å². The van der Waals surface area contributed by atoms with Crippen LogP contribution in [0, 0.1) is 5.92 Å². The molecule has 1 aliphatic rings. The molecule has 8 nitrogen and oxygen atoms in total. The number of carbonyl (C=O) groups excluding carboxylic acids is 2. The molecule has 2 aromatic rings. The molecule has 0 spiro atoms. The van der Waals surface area contributed by atoms with E-state index in [2.05, 4.69) is 17.6 Å². The first kappa shape index (κ1) is 24.5. The minimum absolute atomic E-state index is 0.0695. The van der Waals surface area contributed by atoms with E-state index in [1.54, 1.807) is 68.6 Å². The predicted octanol–water partition coefficient (Wildman–Crippen LogP) is 3.04. The van der Waals surface area contributed by atoms with E-state index >= 15 is 0 Å². The van der Waals surface area contributed by atoms with Gasteiger partial charge in [0.05, 0.1) is 18.8 Å². The Morgan fingerprint density at radius 3 is 2.70 bits per heavy atom. The van der Waals surface area contributed by atoms with Gasteiger partial charge >= 0.3 is 0 Å². The van der Waals surface area contributed by atoms with E-state index in [1.807, 2.05) is 6.92 Å². The third-order valence-electron chi connectivity index (χ3n) is 5.82. The fraction of sp³-hybridized carbons (Fsp3) is 0.440. The highest BCUT2D eigenvalue weighted by Crippen LogP contribution is 2.26. The van der Waals surface area contributed by atoms with Crippen LogP contribution in [0.4, 0.5) is 5.69 Å². The van der Waals surface area contributed by atoms with Crippen molar-refractivity contribution < 1.29 is 23.8 Å². The van der Waals surface area contributed by atoms with Crippen molar-refractivity contribution in [1.29, 1.82) is 0 Å². The molecule has 8 heteroatoms. The molecule has 0 aliphatic carbocycles. The van der Waals surface area contributed by atoms with Gasteiger partial charge in [-0.3, -0.25) is 9.59 Å². The topological polar surface area (TPSA) is 89.1 Å². The Kier molecular flexibility index (Phi) is 8.30. The van der Waals surface area contributed by atoms with E-state index in [1.165, 1.54) is 0 Å². The maximum atomic E-state index is 13.2. The van der Waals surface area contributed by atoms with Gasteiger partial charge in [0.1, 0.15) is 18.1 Å². The fourth-order valence-electron chi connectivity index (χ4n) is 3.70. The van der Waals surface area contributed by atoms with Crippen molar-refractivity contribution in [2.75, 3.05) is 46.3 Å². The zero-order chi connectivity index (χ0) is 24.0. The lowest BCUT2D eigenvalue weighted by atomic mass is 10.0. The summed E-state index contributed by atoms with van der Waals surface area (Å²) in [6, 6.07) is 12.1. The summed E-state index contributed by atoms with van der Waals surface area (Å²) in [5, 5.41) is 6.33. The Labute approximate surface area is 195 Å². The Hall–Kier alpha value is -3.10. The highest BCUT2D eigenvalue weighted by atomic mass is 16.5. The van der Waals surface area contributed by atoms with E-state index in [4.69, 9.17) is 14.2 Å².